The number of esters is 1. The van der Waals surface area contributed by atoms with Gasteiger partial charge in [0.15, 0.2) is 0 Å². The van der Waals surface area contributed by atoms with Crippen molar-refractivity contribution in [2.24, 2.45) is 0 Å². The number of benzene rings is 2. The van der Waals surface area contributed by atoms with Gasteiger partial charge in [0.05, 0.1) is 22.1 Å². The highest BCUT2D eigenvalue weighted by Gasteiger charge is 2.24. The van der Waals surface area contributed by atoms with Crippen LogP contribution >= 0.6 is 34.8 Å². The molecule has 0 aliphatic heterocycles. The molecule has 0 radical (unpaired) electrons. The summed E-state index contributed by atoms with van der Waals surface area (Å²) in [7, 11) is -2.51. The largest absolute Gasteiger partial charge is 0.496 e. The van der Waals surface area contributed by atoms with Gasteiger partial charge in [-0.05, 0) is 43.3 Å². The number of rotatable bonds is 7. The summed E-state index contributed by atoms with van der Waals surface area (Å²) in [5.41, 5.74) is 0.554. The van der Waals surface area contributed by atoms with Crippen LogP contribution in [0.1, 0.15) is 12.5 Å². The van der Waals surface area contributed by atoms with E-state index >= 15 is 0 Å². The molecule has 0 unspecified atom stereocenters. The normalized spacial score (nSPS) is 12.5. The maximum Gasteiger partial charge on any atom is 0.324 e. The molecule has 0 aliphatic rings. The van der Waals surface area contributed by atoms with E-state index in [1.54, 1.807) is 18.2 Å². The van der Waals surface area contributed by atoms with Gasteiger partial charge in [0.2, 0.25) is 10.0 Å². The summed E-state index contributed by atoms with van der Waals surface area (Å²) in [4.78, 5) is 12.0. The monoisotopic (exact) mass is 451 g/mol. The van der Waals surface area contributed by atoms with Gasteiger partial charge in [-0.15, -0.1) is 0 Å². The second-order valence-corrected chi connectivity index (χ2v) is 8.45. The smallest absolute Gasteiger partial charge is 0.324 e. The van der Waals surface area contributed by atoms with E-state index in [-0.39, 0.29) is 21.5 Å². The highest BCUT2D eigenvalue weighted by Crippen LogP contribution is 2.25. The zero-order valence-corrected chi connectivity index (χ0v) is 17.4. The van der Waals surface area contributed by atoms with Crippen LogP contribution < -0.4 is 9.46 Å². The Morgan fingerprint density at radius 3 is 2.44 bits per heavy atom. The number of hydrogen-bond donors (Lipinski definition) is 1. The van der Waals surface area contributed by atoms with Gasteiger partial charge < -0.3 is 9.47 Å². The maximum atomic E-state index is 12.4. The molecule has 0 saturated carbocycles. The van der Waals surface area contributed by atoms with E-state index in [1.165, 1.54) is 32.2 Å². The predicted octanol–water partition coefficient (Wildman–Crippen LogP) is 4.07. The Balaban J connectivity index is 2.05. The second-order valence-electron chi connectivity index (χ2n) is 5.48. The third-order valence-corrected chi connectivity index (χ3v) is 6.01. The summed E-state index contributed by atoms with van der Waals surface area (Å²) >= 11 is 17.5. The molecule has 0 bridgehead atoms. The van der Waals surface area contributed by atoms with Gasteiger partial charge in [-0.3, -0.25) is 4.79 Å². The van der Waals surface area contributed by atoms with Crippen LogP contribution in [0.25, 0.3) is 0 Å². The van der Waals surface area contributed by atoms with E-state index in [1.807, 2.05) is 0 Å². The molecule has 0 amide bonds. The highest BCUT2D eigenvalue weighted by atomic mass is 35.5. The SMILES string of the molecule is COc1ccc(Cl)cc1COC(=O)[C@H](C)NS(=O)(=O)c1ccc(Cl)c(Cl)c1. The topological polar surface area (TPSA) is 81.7 Å². The molecule has 27 heavy (non-hydrogen) atoms. The first-order valence-electron chi connectivity index (χ1n) is 7.60. The van der Waals surface area contributed by atoms with Crippen LogP contribution in [0, 0.1) is 0 Å². The number of halogens is 3. The van der Waals surface area contributed by atoms with Crippen molar-refractivity contribution in [1.82, 2.24) is 4.72 Å². The summed E-state index contributed by atoms with van der Waals surface area (Å²) in [5.74, 6) is -0.267. The Labute approximate surface area is 172 Å². The first kappa shape index (κ1) is 21.8. The average molecular weight is 453 g/mol. The number of carbonyl (C=O) groups is 1. The van der Waals surface area contributed by atoms with E-state index in [0.717, 1.165) is 0 Å². The maximum absolute atomic E-state index is 12.4. The molecule has 2 aromatic rings. The first-order chi connectivity index (χ1) is 12.6. The lowest BCUT2D eigenvalue weighted by Gasteiger charge is -2.15. The molecule has 0 aromatic heterocycles. The summed E-state index contributed by atoms with van der Waals surface area (Å²) in [6.45, 7) is 1.24. The van der Waals surface area contributed by atoms with Crippen molar-refractivity contribution in [2.75, 3.05) is 7.11 Å². The second kappa shape index (κ2) is 9.12. The lowest BCUT2D eigenvalue weighted by molar-refractivity contribution is -0.146. The van der Waals surface area contributed by atoms with Gasteiger partial charge in [0.1, 0.15) is 18.4 Å². The minimum atomic E-state index is -3.99. The number of carbonyl (C=O) groups excluding carboxylic acids is 1. The fraction of sp³-hybridized carbons (Fsp3) is 0.235. The summed E-state index contributed by atoms with van der Waals surface area (Å²) < 4.78 is 37.3. The van der Waals surface area contributed by atoms with Crippen molar-refractivity contribution in [1.29, 1.82) is 0 Å². The minimum absolute atomic E-state index is 0.0859. The molecule has 146 valence electrons. The van der Waals surface area contributed by atoms with E-state index < -0.39 is 22.0 Å². The fourth-order valence-electron chi connectivity index (χ4n) is 2.13. The van der Waals surface area contributed by atoms with Crippen LogP contribution in [0.3, 0.4) is 0 Å². The Bertz CT molecular complexity index is 950. The van der Waals surface area contributed by atoms with Crippen molar-refractivity contribution in [3.63, 3.8) is 0 Å². The molecule has 6 nitrogen and oxygen atoms in total. The van der Waals surface area contributed by atoms with Crippen molar-refractivity contribution < 1.29 is 22.7 Å². The number of ether oxygens (including phenoxy) is 2. The zero-order chi connectivity index (χ0) is 20.2. The van der Waals surface area contributed by atoms with Crippen molar-refractivity contribution in [2.45, 2.75) is 24.5 Å². The van der Waals surface area contributed by atoms with Gasteiger partial charge in [0.25, 0.3) is 0 Å². The summed E-state index contributed by atoms with van der Waals surface area (Å²) in [6.07, 6.45) is 0. The molecule has 0 aliphatic carbocycles. The number of nitrogens with one attached hydrogen (secondary N) is 1. The van der Waals surface area contributed by atoms with Gasteiger partial charge in [-0.25, -0.2) is 8.42 Å². The van der Waals surface area contributed by atoms with Crippen LogP contribution in [0.5, 0.6) is 5.75 Å². The molecule has 2 aromatic carbocycles. The third kappa shape index (κ3) is 5.73. The standard InChI is InChI=1S/C17H16Cl3NO5S/c1-10(21-27(23,24)13-4-5-14(19)15(20)8-13)17(22)26-9-11-7-12(18)3-6-16(11)25-2/h3-8,10,21H,9H2,1-2H3/t10-/m0/s1. The number of sulfonamides is 1. The molecule has 0 fully saturated rings. The molecule has 0 spiro atoms. The Morgan fingerprint density at radius 2 is 1.81 bits per heavy atom. The molecule has 1 N–H and O–H groups in total. The predicted molar refractivity (Wildman–Crippen MR) is 104 cm³/mol. The van der Waals surface area contributed by atoms with E-state index in [2.05, 4.69) is 4.72 Å². The fourth-order valence-corrected chi connectivity index (χ4v) is 3.90. The number of methoxy groups -OCH3 is 1. The quantitative estimate of drug-likeness (QED) is 0.641. The van der Waals surface area contributed by atoms with Gasteiger partial charge in [-0.1, -0.05) is 34.8 Å². The molecular formula is C17H16Cl3NO5S. The van der Waals surface area contributed by atoms with Gasteiger partial charge in [0, 0.05) is 10.6 Å². The Morgan fingerprint density at radius 1 is 1.11 bits per heavy atom. The zero-order valence-electron chi connectivity index (χ0n) is 14.3. The van der Waals surface area contributed by atoms with Crippen LogP contribution in [-0.4, -0.2) is 27.5 Å². The molecule has 2 rings (SSSR count). The van der Waals surface area contributed by atoms with Gasteiger partial charge in [-0.2, -0.15) is 4.72 Å². The van der Waals surface area contributed by atoms with Crippen LogP contribution in [0.15, 0.2) is 41.3 Å². The molecule has 10 heteroatoms. The molecule has 0 saturated heterocycles. The minimum Gasteiger partial charge on any atom is -0.496 e. The van der Waals surface area contributed by atoms with Crippen molar-refractivity contribution in [3.8, 4) is 5.75 Å². The van der Waals surface area contributed by atoms with Crippen molar-refractivity contribution >= 4 is 50.8 Å². The number of hydrogen-bond acceptors (Lipinski definition) is 5. The van der Waals surface area contributed by atoms with Crippen LogP contribution in [0.2, 0.25) is 15.1 Å². The molecule has 1 atom stereocenters. The molecular weight excluding hydrogens is 437 g/mol. The van der Waals surface area contributed by atoms with Gasteiger partial charge >= 0.3 is 5.97 Å². The van der Waals surface area contributed by atoms with Crippen LogP contribution in [-0.2, 0) is 26.2 Å². The Kier molecular flexibility index (Phi) is 7.36. The summed E-state index contributed by atoms with van der Waals surface area (Å²) in [5, 5.41) is 0.761. The van der Waals surface area contributed by atoms with Crippen LogP contribution in [0.4, 0.5) is 0 Å². The first-order valence-corrected chi connectivity index (χ1v) is 10.2. The van der Waals surface area contributed by atoms with Crippen molar-refractivity contribution in [3.05, 3.63) is 57.0 Å². The van der Waals surface area contributed by atoms with E-state index in [4.69, 9.17) is 44.3 Å². The highest BCUT2D eigenvalue weighted by molar-refractivity contribution is 7.89. The Hall–Kier alpha value is -1.51. The lowest BCUT2D eigenvalue weighted by atomic mass is 10.2. The average Bonchev–Trinajstić information content (AvgIpc) is 2.61. The third-order valence-electron chi connectivity index (χ3n) is 3.50. The summed E-state index contributed by atoms with van der Waals surface area (Å²) in [6, 6.07) is 7.58. The van der Waals surface area contributed by atoms with E-state index in [9.17, 15) is 13.2 Å². The van der Waals surface area contributed by atoms with E-state index in [0.29, 0.717) is 16.3 Å². The molecule has 0 heterocycles. The lowest BCUT2D eigenvalue weighted by Crippen LogP contribution is -2.39.